The van der Waals surface area contributed by atoms with Gasteiger partial charge in [-0.05, 0) is 44.7 Å². The van der Waals surface area contributed by atoms with E-state index in [9.17, 15) is 14.7 Å². The van der Waals surface area contributed by atoms with E-state index in [4.69, 9.17) is 4.74 Å². The highest BCUT2D eigenvalue weighted by molar-refractivity contribution is 5.84. The third-order valence-corrected chi connectivity index (χ3v) is 3.56. The van der Waals surface area contributed by atoms with E-state index in [-0.39, 0.29) is 6.42 Å². The Kier molecular flexibility index (Phi) is 3.94. The van der Waals surface area contributed by atoms with E-state index in [1.54, 1.807) is 20.8 Å². The van der Waals surface area contributed by atoms with E-state index >= 15 is 0 Å². The first-order chi connectivity index (χ1) is 9.72. The van der Waals surface area contributed by atoms with Crippen molar-refractivity contribution in [3.8, 4) is 0 Å². The van der Waals surface area contributed by atoms with Crippen molar-refractivity contribution in [1.29, 1.82) is 0 Å². The van der Waals surface area contributed by atoms with Crippen molar-refractivity contribution in [2.75, 3.05) is 0 Å². The predicted molar refractivity (Wildman–Crippen MR) is 75.6 cm³/mol. The Labute approximate surface area is 124 Å². The number of aliphatic carboxylic acids is 1. The molecular formula is C16H20NO4-. The largest absolute Gasteiger partial charge is 0.548 e. The molecule has 0 fully saturated rings. The molecule has 0 aliphatic heterocycles. The summed E-state index contributed by atoms with van der Waals surface area (Å²) in [7, 11) is 0. The maximum Gasteiger partial charge on any atom is 0.408 e. The van der Waals surface area contributed by atoms with Crippen LogP contribution >= 0.6 is 0 Å². The zero-order valence-corrected chi connectivity index (χ0v) is 12.6. The van der Waals surface area contributed by atoms with Crippen LogP contribution in [0, 0.1) is 0 Å². The van der Waals surface area contributed by atoms with Gasteiger partial charge in [0.15, 0.2) is 0 Å². The van der Waals surface area contributed by atoms with Crippen molar-refractivity contribution in [3.63, 3.8) is 0 Å². The molecule has 0 bridgehead atoms. The van der Waals surface area contributed by atoms with Crippen molar-refractivity contribution in [3.05, 3.63) is 35.4 Å². The summed E-state index contributed by atoms with van der Waals surface area (Å²) >= 11 is 0. The van der Waals surface area contributed by atoms with E-state index in [1.165, 1.54) is 0 Å². The SMILES string of the molecule is CC(C)(C)OC(=O)N[C@]1(C(=O)[O-])CCc2ccccc2C1. The van der Waals surface area contributed by atoms with Crippen LogP contribution in [0.2, 0.25) is 0 Å². The molecule has 0 saturated carbocycles. The van der Waals surface area contributed by atoms with Crippen LogP contribution in [0.5, 0.6) is 0 Å². The number of carbonyl (C=O) groups is 2. The van der Waals surface area contributed by atoms with Gasteiger partial charge in [-0.15, -0.1) is 0 Å². The second-order valence-electron chi connectivity index (χ2n) is 6.44. The number of hydrogen-bond donors (Lipinski definition) is 1. The molecule has 0 heterocycles. The van der Waals surface area contributed by atoms with Crippen LogP contribution in [0.25, 0.3) is 0 Å². The lowest BCUT2D eigenvalue weighted by atomic mass is 9.78. The first-order valence-corrected chi connectivity index (χ1v) is 7.01. The molecule has 1 amide bonds. The lowest BCUT2D eigenvalue weighted by Gasteiger charge is -2.40. The summed E-state index contributed by atoms with van der Waals surface area (Å²) in [6.45, 7) is 5.19. The van der Waals surface area contributed by atoms with Gasteiger partial charge in [0, 0.05) is 6.42 Å². The molecule has 0 saturated heterocycles. The minimum absolute atomic E-state index is 0.213. The lowest BCUT2D eigenvalue weighted by molar-refractivity contribution is -0.314. The molecule has 1 atom stereocenters. The number of alkyl carbamates (subject to hydrolysis) is 1. The first-order valence-electron chi connectivity index (χ1n) is 7.01. The number of hydrogen-bond acceptors (Lipinski definition) is 4. The summed E-state index contributed by atoms with van der Waals surface area (Å²) < 4.78 is 5.16. The number of amides is 1. The average molecular weight is 290 g/mol. The number of rotatable bonds is 2. The Morgan fingerprint density at radius 2 is 1.86 bits per heavy atom. The van der Waals surface area contributed by atoms with Crippen LogP contribution in [-0.4, -0.2) is 23.2 Å². The molecule has 2 rings (SSSR count). The molecular weight excluding hydrogens is 270 g/mol. The van der Waals surface area contributed by atoms with Crippen molar-refractivity contribution >= 4 is 12.1 Å². The van der Waals surface area contributed by atoms with Gasteiger partial charge in [0.25, 0.3) is 0 Å². The van der Waals surface area contributed by atoms with Gasteiger partial charge in [-0.1, -0.05) is 24.3 Å². The van der Waals surface area contributed by atoms with E-state index in [0.29, 0.717) is 12.8 Å². The summed E-state index contributed by atoms with van der Waals surface area (Å²) in [5, 5.41) is 14.1. The normalized spacial score (nSPS) is 21.3. The molecule has 1 aromatic carbocycles. The maximum absolute atomic E-state index is 11.9. The summed E-state index contributed by atoms with van der Waals surface area (Å²) in [4.78, 5) is 23.5. The van der Waals surface area contributed by atoms with E-state index in [0.717, 1.165) is 11.1 Å². The highest BCUT2D eigenvalue weighted by atomic mass is 16.6. The van der Waals surface area contributed by atoms with E-state index in [1.807, 2.05) is 24.3 Å². The minimum atomic E-state index is -1.41. The zero-order valence-electron chi connectivity index (χ0n) is 12.6. The molecule has 0 radical (unpaired) electrons. The maximum atomic E-state index is 11.9. The highest BCUT2D eigenvalue weighted by Crippen LogP contribution is 2.29. The van der Waals surface area contributed by atoms with Gasteiger partial charge in [-0.2, -0.15) is 0 Å². The number of aryl methyl sites for hydroxylation is 1. The van der Waals surface area contributed by atoms with Gasteiger partial charge in [0.1, 0.15) is 5.60 Å². The van der Waals surface area contributed by atoms with Crippen LogP contribution < -0.4 is 10.4 Å². The number of fused-ring (bicyclic) bond motifs is 1. The summed E-state index contributed by atoms with van der Waals surface area (Å²) in [5.74, 6) is -1.28. The molecule has 5 nitrogen and oxygen atoms in total. The second-order valence-corrected chi connectivity index (χ2v) is 6.44. The molecule has 1 aliphatic rings. The van der Waals surface area contributed by atoms with Crippen molar-refractivity contribution in [1.82, 2.24) is 5.32 Å². The molecule has 1 N–H and O–H groups in total. The lowest BCUT2D eigenvalue weighted by Crippen LogP contribution is -2.63. The number of carboxylic acid groups (broad SMARTS) is 1. The van der Waals surface area contributed by atoms with Crippen LogP contribution in [0.4, 0.5) is 4.79 Å². The third-order valence-electron chi connectivity index (χ3n) is 3.56. The zero-order chi connectivity index (χ0) is 15.7. The van der Waals surface area contributed by atoms with Crippen LogP contribution in [0.15, 0.2) is 24.3 Å². The first kappa shape index (κ1) is 15.4. The average Bonchev–Trinajstić information content (AvgIpc) is 2.36. The Morgan fingerprint density at radius 1 is 1.24 bits per heavy atom. The third kappa shape index (κ3) is 3.54. The highest BCUT2D eigenvalue weighted by Gasteiger charge is 2.38. The Hall–Kier alpha value is -2.04. The van der Waals surface area contributed by atoms with Crippen LogP contribution in [0.3, 0.4) is 0 Å². The molecule has 5 heteroatoms. The Bertz CT molecular complexity index is 562. The van der Waals surface area contributed by atoms with Crippen molar-refractivity contribution in [2.24, 2.45) is 0 Å². The quantitative estimate of drug-likeness (QED) is 0.887. The summed E-state index contributed by atoms with van der Waals surface area (Å²) in [5.41, 5.74) is -0.0510. The topological polar surface area (TPSA) is 78.5 Å². The molecule has 1 aromatic rings. The van der Waals surface area contributed by atoms with Gasteiger partial charge in [0.05, 0.1) is 11.5 Å². The van der Waals surface area contributed by atoms with Gasteiger partial charge in [-0.25, -0.2) is 4.79 Å². The Morgan fingerprint density at radius 3 is 2.43 bits per heavy atom. The molecule has 0 spiro atoms. The monoisotopic (exact) mass is 290 g/mol. The fourth-order valence-corrected chi connectivity index (χ4v) is 2.57. The summed E-state index contributed by atoms with van der Waals surface area (Å²) in [6.07, 6.45) is 0.363. The molecule has 1 aliphatic carbocycles. The molecule has 114 valence electrons. The van der Waals surface area contributed by atoms with Gasteiger partial charge in [0.2, 0.25) is 0 Å². The van der Waals surface area contributed by atoms with E-state index in [2.05, 4.69) is 5.32 Å². The number of carbonyl (C=O) groups excluding carboxylic acids is 2. The molecule has 0 unspecified atom stereocenters. The van der Waals surface area contributed by atoms with E-state index < -0.39 is 23.2 Å². The van der Waals surface area contributed by atoms with Gasteiger partial charge >= 0.3 is 6.09 Å². The smallest absolute Gasteiger partial charge is 0.408 e. The van der Waals surface area contributed by atoms with Crippen molar-refractivity contribution in [2.45, 2.75) is 51.2 Å². The van der Waals surface area contributed by atoms with Crippen molar-refractivity contribution < 1.29 is 19.4 Å². The van der Waals surface area contributed by atoms with Gasteiger partial charge < -0.3 is 20.0 Å². The predicted octanol–water partition coefficient (Wildman–Crippen LogP) is 1.19. The molecule has 0 aromatic heterocycles. The number of carboxylic acids is 1. The summed E-state index contributed by atoms with van der Waals surface area (Å²) in [6, 6.07) is 7.63. The number of nitrogens with one attached hydrogen (secondary N) is 1. The molecule has 21 heavy (non-hydrogen) atoms. The fourth-order valence-electron chi connectivity index (χ4n) is 2.57. The minimum Gasteiger partial charge on any atom is -0.548 e. The fraction of sp³-hybridized carbons (Fsp3) is 0.500. The van der Waals surface area contributed by atoms with Gasteiger partial charge in [-0.3, -0.25) is 0 Å². The van der Waals surface area contributed by atoms with Crippen LogP contribution in [-0.2, 0) is 22.4 Å². The Balaban J connectivity index is 2.20. The number of ether oxygens (including phenoxy) is 1. The number of benzene rings is 1. The second kappa shape index (κ2) is 5.39. The standard InChI is InChI=1S/C16H21NO4/c1-15(2,3)21-14(20)17-16(13(18)19)9-8-11-6-4-5-7-12(11)10-16/h4-7H,8-10H2,1-3H3,(H,17,20)(H,18,19)/p-1/t16-/m1/s1. The van der Waals surface area contributed by atoms with Crippen LogP contribution in [0.1, 0.15) is 38.3 Å².